The van der Waals surface area contributed by atoms with Crippen molar-refractivity contribution in [3.05, 3.63) is 23.8 Å². The van der Waals surface area contributed by atoms with E-state index in [1.54, 1.807) is 14.0 Å². The van der Waals surface area contributed by atoms with Gasteiger partial charge in [-0.2, -0.15) is 13.2 Å². The average molecular weight is 416 g/mol. The standard InChI is InChI=1S/C16H19F3N6O2S/c1-10(28-15-21-22-23-24(15)2)14(26)20-12-9-11(16(17,18)19)3-4-13(12)25-5-7-27-8-6-25/h3-4,9-10H,5-8H2,1-2H3,(H,20,26)/t10-/m0/s1. The van der Waals surface area contributed by atoms with E-state index in [2.05, 4.69) is 20.8 Å². The van der Waals surface area contributed by atoms with Crippen LogP contribution in [-0.4, -0.2) is 57.7 Å². The van der Waals surface area contributed by atoms with E-state index in [9.17, 15) is 18.0 Å². The van der Waals surface area contributed by atoms with E-state index in [0.717, 1.165) is 23.9 Å². The lowest BCUT2D eigenvalue weighted by Gasteiger charge is -2.31. The quantitative estimate of drug-likeness (QED) is 0.748. The van der Waals surface area contributed by atoms with Crippen LogP contribution in [0.4, 0.5) is 24.5 Å². The number of halogens is 3. The Morgan fingerprint density at radius 3 is 2.64 bits per heavy atom. The number of aryl methyl sites for hydroxylation is 1. The van der Waals surface area contributed by atoms with Crippen LogP contribution in [0.1, 0.15) is 12.5 Å². The first-order valence-electron chi connectivity index (χ1n) is 8.49. The molecule has 1 saturated heterocycles. The molecule has 8 nitrogen and oxygen atoms in total. The predicted molar refractivity (Wildman–Crippen MR) is 97.2 cm³/mol. The van der Waals surface area contributed by atoms with Crippen LogP contribution in [0, 0.1) is 0 Å². The molecule has 3 rings (SSSR count). The van der Waals surface area contributed by atoms with Gasteiger partial charge < -0.3 is 15.0 Å². The largest absolute Gasteiger partial charge is 0.416 e. The first-order chi connectivity index (χ1) is 13.3. The number of nitrogens with one attached hydrogen (secondary N) is 1. The van der Waals surface area contributed by atoms with E-state index in [1.165, 1.54) is 10.7 Å². The third-order valence-electron chi connectivity index (χ3n) is 4.17. The van der Waals surface area contributed by atoms with Crippen LogP contribution in [0.3, 0.4) is 0 Å². The molecular weight excluding hydrogens is 397 g/mol. The van der Waals surface area contributed by atoms with E-state index in [4.69, 9.17) is 4.74 Å². The lowest BCUT2D eigenvalue weighted by atomic mass is 10.1. The number of ether oxygens (including phenoxy) is 1. The van der Waals surface area contributed by atoms with Crippen LogP contribution in [0.25, 0.3) is 0 Å². The van der Waals surface area contributed by atoms with Crippen LogP contribution in [0.15, 0.2) is 23.4 Å². The van der Waals surface area contributed by atoms with Crippen molar-refractivity contribution in [2.75, 3.05) is 36.5 Å². The van der Waals surface area contributed by atoms with Gasteiger partial charge >= 0.3 is 6.18 Å². The van der Waals surface area contributed by atoms with Crippen LogP contribution in [-0.2, 0) is 22.8 Å². The maximum absolute atomic E-state index is 13.2. The maximum atomic E-state index is 13.2. The number of alkyl halides is 3. The number of benzene rings is 1. The summed E-state index contributed by atoms with van der Waals surface area (Å²) in [7, 11) is 1.64. The molecule has 0 bridgehead atoms. The van der Waals surface area contributed by atoms with Crippen LogP contribution < -0.4 is 10.2 Å². The molecule has 1 aromatic heterocycles. The predicted octanol–water partition coefficient (Wildman–Crippen LogP) is 2.18. The molecule has 0 saturated carbocycles. The fraction of sp³-hybridized carbons (Fsp3) is 0.500. The third kappa shape index (κ3) is 4.73. The summed E-state index contributed by atoms with van der Waals surface area (Å²) in [6.07, 6.45) is -4.51. The Kier molecular flexibility index (Phi) is 6.08. The van der Waals surface area contributed by atoms with E-state index < -0.39 is 22.9 Å². The number of anilines is 2. The van der Waals surface area contributed by atoms with Crippen LogP contribution in [0.5, 0.6) is 0 Å². The Bertz CT molecular complexity index is 838. The smallest absolute Gasteiger partial charge is 0.378 e. The van der Waals surface area contributed by atoms with Gasteiger partial charge in [-0.3, -0.25) is 4.79 Å². The van der Waals surface area contributed by atoms with Gasteiger partial charge in [0.1, 0.15) is 0 Å². The monoisotopic (exact) mass is 416 g/mol. The molecule has 1 fully saturated rings. The number of thioether (sulfide) groups is 1. The van der Waals surface area contributed by atoms with Crippen molar-refractivity contribution in [1.29, 1.82) is 0 Å². The van der Waals surface area contributed by atoms with Crippen molar-refractivity contribution < 1.29 is 22.7 Å². The summed E-state index contributed by atoms with van der Waals surface area (Å²) in [5.41, 5.74) is -0.176. The first-order valence-corrected chi connectivity index (χ1v) is 9.37. The highest BCUT2D eigenvalue weighted by Crippen LogP contribution is 2.36. The zero-order valence-electron chi connectivity index (χ0n) is 15.2. The molecule has 28 heavy (non-hydrogen) atoms. The Morgan fingerprint density at radius 2 is 2.04 bits per heavy atom. The van der Waals surface area contributed by atoms with E-state index in [-0.39, 0.29) is 5.69 Å². The second-order valence-corrected chi connectivity index (χ2v) is 7.47. The molecule has 1 aliphatic rings. The van der Waals surface area contributed by atoms with Gasteiger partial charge in [-0.1, -0.05) is 11.8 Å². The summed E-state index contributed by atoms with van der Waals surface area (Å²) in [6.45, 7) is 3.64. The number of morpholine rings is 1. The maximum Gasteiger partial charge on any atom is 0.416 e. The Hall–Kier alpha value is -2.34. The summed E-state index contributed by atoms with van der Waals surface area (Å²) < 4.78 is 46.2. The number of carbonyl (C=O) groups is 1. The van der Waals surface area contributed by atoms with Gasteiger partial charge in [0, 0.05) is 20.1 Å². The topological polar surface area (TPSA) is 85.2 Å². The first kappa shape index (κ1) is 20.4. The second-order valence-electron chi connectivity index (χ2n) is 6.16. The van der Waals surface area contributed by atoms with E-state index >= 15 is 0 Å². The summed E-state index contributed by atoms with van der Waals surface area (Å²) >= 11 is 1.11. The minimum atomic E-state index is -4.51. The zero-order valence-corrected chi connectivity index (χ0v) is 16.0. The highest BCUT2D eigenvalue weighted by molar-refractivity contribution is 8.00. The van der Waals surface area contributed by atoms with Crippen LogP contribution in [0.2, 0.25) is 0 Å². The molecular formula is C16H19F3N6O2S. The number of aromatic nitrogens is 4. The average Bonchev–Trinajstić information content (AvgIpc) is 3.06. The zero-order chi connectivity index (χ0) is 20.3. The van der Waals surface area contributed by atoms with Gasteiger partial charge in [0.2, 0.25) is 11.1 Å². The number of nitrogens with zero attached hydrogens (tertiary/aromatic N) is 5. The van der Waals surface area contributed by atoms with Crippen LogP contribution >= 0.6 is 11.8 Å². The minimum absolute atomic E-state index is 0.116. The fourth-order valence-corrected chi connectivity index (χ4v) is 3.41. The van der Waals surface area contributed by atoms with Gasteiger partial charge in [-0.05, 0) is 35.5 Å². The van der Waals surface area contributed by atoms with E-state index in [0.29, 0.717) is 37.1 Å². The van der Waals surface area contributed by atoms with E-state index in [1.807, 2.05) is 4.90 Å². The van der Waals surface area contributed by atoms with Gasteiger partial charge in [-0.15, -0.1) is 5.10 Å². The molecule has 2 heterocycles. The molecule has 0 spiro atoms. The highest BCUT2D eigenvalue weighted by Gasteiger charge is 2.32. The number of tetrazole rings is 1. The summed E-state index contributed by atoms with van der Waals surface area (Å²) in [5.74, 6) is -0.443. The SMILES string of the molecule is C[C@H](Sc1nnnn1C)C(=O)Nc1cc(C(F)(F)F)ccc1N1CCOCC1. The van der Waals surface area contributed by atoms with Crippen molar-refractivity contribution in [2.24, 2.45) is 7.05 Å². The Morgan fingerprint density at radius 1 is 1.32 bits per heavy atom. The van der Waals surface area contributed by atoms with Crippen molar-refractivity contribution in [1.82, 2.24) is 20.2 Å². The van der Waals surface area contributed by atoms with Gasteiger partial charge in [-0.25, -0.2) is 4.68 Å². The van der Waals surface area contributed by atoms with Crippen molar-refractivity contribution in [3.63, 3.8) is 0 Å². The number of hydrogen-bond acceptors (Lipinski definition) is 7. The molecule has 12 heteroatoms. The molecule has 2 aromatic rings. The number of carbonyl (C=O) groups excluding carboxylic acids is 1. The summed E-state index contributed by atoms with van der Waals surface area (Å²) in [6, 6.07) is 3.36. The van der Waals surface area contributed by atoms with Gasteiger partial charge in [0.15, 0.2) is 0 Å². The Balaban J connectivity index is 1.83. The number of rotatable bonds is 5. The molecule has 1 atom stereocenters. The summed E-state index contributed by atoms with van der Waals surface area (Å²) in [5, 5.41) is 13.4. The Labute approximate surface area is 163 Å². The fourth-order valence-electron chi connectivity index (χ4n) is 2.66. The number of hydrogen-bond donors (Lipinski definition) is 1. The second kappa shape index (κ2) is 8.35. The van der Waals surface area contributed by atoms with Crippen molar-refractivity contribution >= 4 is 29.0 Å². The minimum Gasteiger partial charge on any atom is -0.378 e. The summed E-state index contributed by atoms with van der Waals surface area (Å²) in [4.78, 5) is 14.5. The molecule has 152 valence electrons. The third-order valence-corrected chi connectivity index (χ3v) is 5.29. The molecule has 1 N–H and O–H groups in total. The highest BCUT2D eigenvalue weighted by atomic mass is 32.2. The van der Waals surface area contributed by atoms with Crippen molar-refractivity contribution in [3.8, 4) is 0 Å². The molecule has 1 aromatic carbocycles. The van der Waals surface area contributed by atoms with Gasteiger partial charge in [0.25, 0.3) is 0 Å². The lowest BCUT2D eigenvalue weighted by molar-refractivity contribution is -0.137. The molecule has 1 amide bonds. The number of amides is 1. The van der Waals surface area contributed by atoms with Crippen molar-refractivity contribution in [2.45, 2.75) is 23.5 Å². The molecule has 0 radical (unpaired) electrons. The molecule has 0 unspecified atom stereocenters. The molecule has 0 aliphatic carbocycles. The molecule has 1 aliphatic heterocycles. The van der Waals surface area contributed by atoms with Gasteiger partial charge in [0.05, 0.1) is 35.4 Å². The lowest BCUT2D eigenvalue weighted by Crippen LogP contribution is -2.37. The normalized spacial score (nSPS) is 16.1.